The van der Waals surface area contributed by atoms with E-state index in [9.17, 15) is 9.59 Å². The molecule has 1 aliphatic rings. The van der Waals surface area contributed by atoms with Crippen LogP contribution in [-0.2, 0) is 4.79 Å². The third-order valence-corrected chi connectivity index (χ3v) is 3.88. The van der Waals surface area contributed by atoms with Crippen LogP contribution in [0.1, 0.15) is 24.2 Å². The van der Waals surface area contributed by atoms with Gasteiger partial charge in [0.2, 0.25) is 12.7 Å². The third kappa shape index (κ3) is 3.85. The molecule has 2 aromatic carbocycles. The number of ether oxygens (including phenoxy) is 2. The first-order valence-corrected chi connectivity index (χ1v) is 8.13. The highest BCUT2D eigenvalue weighted by atomic mass is 35.5. The van der Waals surface area contributed by atoms with Gasteiger partial charge in [-0.25, -0.2) is 0 Å². The van der Waals surface area contributed by atoms with Crippen LogP contribution in [0.15, 0.2) is 36.4 Å². The monoisotopic (exact) mass is 360 g/mol. The Labute approximate surface area is 150 Å². The smallest absolute Gasteiger partial charge is 0.255 e. The van der Waals surface area contributed by atoms with E-state index in [-0.39, 0.29) is 24.5 Å². The first kappa shape index (κ1) is 17.1. The predicted octanol–water partition coefficient (Wildman–Crippen LogP) is 3.92. The Bertz CT molecular complexity index is 836. The van der Waals surface area contributed by atoms with Crippen molar-refractivity contribution in [3.05, 3.63) is 47.0 Å². The van der Waals surface area contributed by atoms with Crippen molar-refractivity contribution in [1.29, 1.82) is 0 Å². The summed E-state index contributed by atoms with van der Waals surface area (Å²) in [4.78, 5) is 24.2. The number of carbonyl (C=O) groups excluding carboxylic acids is 2. The molecule has 0 fully saturated rings. The SMILES string of the molecule is CC(C)C(=O)Nc1cccc(NC(=O)c2cc(Cl)c3c(c2)OCO3)c1. The number of amides is 2. The van der Waals surface area contributed by atoms with Gasteiger partial charge in [-0.3, -0.25) is 9.59 Å². The summed E-state index contributed by atoms with van der Waals surface area (Å²) in [7, 11) is 0. The summed E-state index contributed by atoms with van der Waals surface area (Å²) in [6.45, 7) is 3.70. The number of hydrogen-bond donors (Lipinski definition) is 2. The minimum absolute atomic E-state index is 0.0811. The molecule has 0 aliphatic carbocycles. The average molecular weight is 361 g/mol. The van der Waals surface area contributed by atoms with Crippen molar-refractivity contribution in [2.75, 3.05) is 17.4 Å². The van der Waals surface area contributed by atoms with Gasteiger partial charge >= 0.3 is 0 Å². The van der Waals surface area contributed by atoms with Gasteiger partial charge in [-0.1, -0.05) is 31.5 Å². The topological polar surface area (TPSA) is 76.7 Å². The largest absolute Gasteiger partial charge is 0.454 e. The van der Waals surface area contributed by atoms with Crippen LogP contribution in [0, 0.1) is 5.92 Å². The molecule has 3 rings (SSSR count). The Morgan fingerprint density at radius 3 is 2.52 bits per heavy atom. The summed E-state index contributed by atoms with van der Waals surface area (Å²) in [5, 5.41) is 5.88. The highest BCUT2D eigenvalue weighted by Gasteiger charge is 2.20. The van der Waals surface area contributed by atoms with Crippen molar-refractivity contribution in [3.8, 4) is 11.5 Å². The van der Waals surface area contributed by atoms with Crippen molar-refractivity contribution < 1.29 is 19.1 Å². The van der Waals surface area contributed by atoms with Crippen molar-refractivity contribution in [2.24, 2.45) is 5.92 Å². The summed E-state index contributed by atoms with van der Waals surface area (Å²) in [5.74, 6) is 0.319. The molecule has 0 atom stereocenters. The van der Waals surface area contributed by atoms with E-state index >= 15 is 0 Å². The molecule has 6 nitrogen and oxygen atoms in total. The molecule has 7 heteroatoms. The molecule has 0 aromatic heterocycles. The second-order valence-corrected chi connectivity index (χ2v) is 6.28. The highest BCUT2D eigenvalue weighted by Crippen LogP contribution is 2.39. The van der Waals surface area contributed by atoms with Gasteiger partial charge in [0.15, 0.2) is 11.5 Å². The molecule has 0 radical (unpaired) electrons. The van der Waals surface area contributed by atoms with Gasteiger partial charge in [-0.05, 0) is 30.3 Å². The Hall–Kier alpha value is -2.73. The van der Waals surface area contributed by atoms with E-state index < -0.39 is 0 Å². The van der Waals surface area contributed by atoms with Crippen LogP contribution in [0.25, 0.3) is 0 Å². The minimum atomic E-state index is -0.340. The number of benzene rings is 2. The Kier molecular flexibility index (Phi) is 4.81. The van der Waals surface area contributed by atoms with Crippen LogP contribution in [0.4, 0.5) is 11.4 Å². The zero-order chi connectivity index (χ0) is 18.0. The quantitative estimate of drug-likeness (QED) is 0.866. The lowest BCUT2D eigenvalue weighted by molar-refractivity contribution is -0.118. The van der Waals surface area contributed by atoms with Gasteiger partial charge in [0.05, 0.1) is 5.02 Å². The van der Waals surface area contributed by atoms with Crippen LogP contribution in [-0.4, -0.2) is 18.6 Å². The number of nitrogens with one attached hydrogen (secondary N) is 2. The molecule has 2 amide bonds. The molecule has 2 aromatic rings. The van der Waals surface area contributed by atoms with Gasteiger partial charge < -0.3 is 20.1 Å². The van der Waals surface area contributed by atoms with E-state index in [0.717, 1.165) is 0 Å². The highest BCUT2D eigenvalue weighted by molar-refractivity contribution is 6.32. The molecule has 0 bridgehead atoms. The Morgan fingerprint density at radius 1 is 1.08 bits per heavy atom. The molecule has 0 unspecified atom stereocenters. The van der Waals surface area contributed by atoms with Crippen LogP contribution in [0.5, 0.6) is 11.5 Å². The van der Waals surface area contributed by atoms with E-state index in [1.54, 1.807) is 30.3 Å². The number of fused-ring (bicyclic) bond motifs is 1. The van der Waals surface area contributed by atoms with Crippen molar-refractivity contribution in [3.63, 3.8) is 0 Å². The molecule has 25 heavy (non-hydrogen) atoms. The van der Waals surface area contributed by atoms with E-state index in [1.807, 2.05) is 13.8 Å². The molecular formula is C18H17ClN2O4. The standard InChI is InChI=1S/C18H17ClN2O4/c1-10(2)17(22)20-12-4-3-5-13(8-12)21-18(23)11-6-14(19)16-15(7-11)24-9-25-16/h3-8,10H,9H2,1-2H3,(H,20,22)(H,21,23). The van der Waals surface area contributed by atoms with Gasteiger partial charge in [-0.2, -0.15) is 0 Å². The average Bonchev–Trinajstić information content (AvgIpc) is 3.04. The maximum Gasteiger partial charge on any atom is 0.255 e. The summed E-state index contributed by atoms with van der Waals surface area (Å²) in [6, 6.07) is 10.0. The Morgan fingerprint density at radius 2 is 1.80 bits per heavy atom. The summed E-state index contributed by atoms with van der Waals surface area (Å²) >= 11 is 6.10. The van der Waals surface area contributed by atoms with Gasteiger partial charge in [-0.15, -0.1) is 0 Å². The molecule has 2 N–H and O–H groups in total. The molecule has 130 valence electrons. The fourth-order valence-corrected chi connectivity index (χ4v) is 2.53. The Balaban J connectivity index is 1.75. The van der Waals surface area contributed by atoms with Crippen LogP contribution < -0.4 is 20.1 Å². The molecule has 0 saturated carbocycles. The second kappa shape index (κ2) is 7.03. The van der Waals surface area contributed by atoms with Gasteiger partial charge in [0, 0.05) is 22.9 Å². The van der Waals surface area contributed by atoms with Crippen LogP contribution in [0.2, 0.25) is 5.02 Å². The lowest BCUT2D eigenvalue weighted by Gasteiger charge is -2.11. The second-order valence-electron chi connectivity index (χ2n) is 5.87. The van der Waals surface area contributed by atoms with Crippen LogP contribution >= 0.6 is 11.6 Å². The van der Waals surface area contributed by atoms with E-state index in [0.29, 0.717) is 33.5 Å². The maximum atomic E-state index is 12.5. The lowest BCUT2D eigenvalue weighted by atomic mass is 10.1. The van der Waals surface area contributed by atoms with E-state index in [2.05, 4.69) is 10.6 Å². The van der Waals surface area contributed by atoms with Crippen LogP contribution in [0.3, 0.4) is 0 Å². The number of hydrogen-bond acceptors (Lipinski definition) is 4. The number of carbonyl (C=O) groups is 2. The van der Waals surface area contributed by atoms with E-state index in [4.69, 9.17) is 21.1 Å². The summed E-state index contributed by atoms with van der Waals surface area (Å²) in [5.41, 5.74) is 1.52. The molecule has 0 spiro atoms. The maximum absolute atomic E-state index is 12.5. The minimum Gasteiger partial charge on any atom is -0.454 e. The summed E-state index contributed by atoms with van der Waals surface area (Å²) in [6.07, 6.45) is 0. The zero-order valence-corrected chi connectivity index (χ0v) is 14.5. The van der Waals surface area contributed by atoms with Gasteiger partial charge in [0.25, 0.3) is 5.91 Å². The first-order chi connectivity index (χ1) is 11.9. The zero-order valence-electron chi connectivity index (χ0n) is 13.8. The fourth-order valence-electron chi connectivity index (χ4n) is 2.26. The van der Waals surface area contributed by atoms with Crippen molar-refractivity contribution in [2.45, 2.75) is 13.8 Å². The number of rotatable bonds is 4. The lowest BCUT2D eigenvalue weighted by Crippen LogP contribution is -2.18. The predicted molar refractivity (Wildman–Crippen MR) is 95.4 cm³/mol. The molecule has 0 saturated heterocycles. The van der Waals surface area contributed by atoms with Gasteiger partial charge in [0.1, 0.15) is 0 Å². The van der Waals surface area contributed by atoms with Crippen molar-refractivity contribution in [1.82, 2.24) is 0 Å². The normalized spacial score (nSPS) is 12.2. The number of halogens is 1. The van der Waals surface area contributed by atoms with E-state index in [1.165, 1.54) is 6.07 Å². The molecular weight excluding hydrogens is 344 g/mol. The molecule has 1 aliphatic heterocycles. The fraction of sp³-hybridized carbons (Fsp3) is 0.222. The first-order valence-electron chi connectivity index (χ1n) is 7.75. The van der Waals surface area contributed by atoms with Crippen molar-refractivity contribution >= 4 is 34.8 Å². The third-order valence-electron chi connectivity index (χ3n) is 3.60. The number of anilines is 2. The summed E-state index contributed by atoms with van der Waals surface area (Å²) < 4.78 is 10.5. The molecule has 1 heterocycles.